The SMILES string of the molecule is Cc1ccccc1[C@H]1CC(c2c(C)nc3ccccc3c2-c2ccccc2)=NN1C(=O)CCC(=O)O. The number of aliphatic carboxylic acids is 1. The highest BCUT2D eigenvalue weighted by atomic mass is 16.4. The van der Waals surface area contributed by atoms with Gasteiger partial charge in [-0.2, -0.15) is 5.10 Å². The lowest BCUT2D eigenvalue weighted by molar-refractivity contribution is -0.141. The van der Waals surface area contributed by atoms with Gasteiger partial charge in [-0.3, -0.25) is 14.6 Å². The Morgan fingerprint density at radius 1 is 0.889 bits per heavy atom. The Morgan fingerprint density at radius 2 is 1.58 bits per heavy atom. The van der Waals surface area contributed by atoms with E-state index in [0.29, 0.717) is 6.42 Å². The van der Waals surface area contributed by atoms with Crippen LogP contribution in [-0.2, 0) is 9.59 Å². The van der Waals surface area contributed by atoms with Crippen molar-refractivity contribution in [3.8, 4) is 11.1 Å². The van der Waals surface area contributed by atoms with E-state index in [4.69, 9.17) is 15.2 Å². The van der Waals surface area contributed by atoms with Crippen LogP contribution in [0.15, 0.2) is 84.0 Å². The van der Waals surface area contributed by atoms with Crippen LogP contribution >= 0.6 is 0 Å². The third-order valence-corrected chi connectivity index (χ3v) is 6.69. The van der Waals surface area contributed by atoms with Crippen LogP contribution in [0.5, 0.6) is 0 Å². The van der Waals surface area contributed by atoms with Gasteiger partial charge in [0.25, 0.3) is 0 Å². The normalized spacial score (nSPS) is 15.2. The molecule has 1 amide bonds. The van der Waals surface area contributed by atoms with Crippen molar-refractivity contribution in [3.63, 3.8) is 0 Å². The molecule has 0 saturated carbocycles. The van der Waals surface area contributed by atoms with Gasteiger partial charge in [0.1, 0.15) is 0 Å². The Labute approximate surface area is 209 Å². The summed E-state index contributed by atoms with van der Waals surface area (Å²) >= 11 is 0. The minimum absolute atomic E-state index is 0.102. The minimum atomic E-state index is -1.000. The number of nitrogens with zero attached hydrogens (tertiary/aromatic N) is 3. The lowest BCUT2D eigenvalue weighted by Crippen LogP contribution is -2.27. The van der Waals surface area contributed by atoms with Crippen molar-refractivity contribution in [3.05, 3.63) is 101 Å². The molecular weight excluding hydrogens is 450 g/mol. The number of hydrazone groups is 1. The molecule has 180 valence electrons. The number of pyridine rings is 1. The second kappa shape index (κ2) is 9.74. The molecule has 0 aliphatic carbocycles. The molecule has 1 aliphatic rings. The fourth-order valence-electron chi connectivity index (χ4n) is 5.02. The maximum atomic E-state index is 13.2. The van der Waals surface area contributed by atoms with Gasteiger partial charge in [0.2, 0.25) is 5.91 Å². The van der Waals surface area contributed by atoms with Gasteiger partial charge < -0.3 is 5.11 Å². The summed E-state index contributed by atoms with van der Waals surface area (Å²) in [4.78, 5) is 29.3. The van der Waals surface area contributed by atoms with E-state index >= 15 is 0 Å². The van der Waals surface area contributed by atoms with Gasteiger partial charge in [0.05, 0.1) is 23.7 Å². The smallest absolute Gasteiger partial charge is 0.303 e. The number of hydrogen-bond acceptors (Lipinski definition) is 4. The van der Waals surface area contributed by atoms with Crippen LogP contribution in [0.4, 0.5) is 0 Å². The van der Waals surface area contributed by atoms with Crippen LogP contribution in [0.25, 0.3) is 22.0 Å². The molecule has 3 aromatic carbocycles. The van der Waals surface area contributed by atoms with Gasteiger partial charge in [0, 0.05) is 35.0 Å². The first-order valence-corrected chi connectivity index (χ1v) is 12.1. The predicted octanol–water partition coefficient (Wildman–Crippen LogP) is 6.06. The van der Waals surface area contributed by atoms with E-state index < -0.39 is 5.97 Å². The summed E-state index contributed by atoms with van der Waals surface area (Å²) in [5, 5.41) is 16.5. The molecule has 1 atom stereocenters. The molecule has 0 saturated heterocycles. The number of aromatic nitrogens is 1. The van der Waals surface area contributed by atoms with Gasteiger partial charge in [-0.25, -0.2) is 5.01 Å². The van der Waals surface area contributed by atoms with E-state index in [1.165, 1.54) is 5.01 Å². The third-order valence-electron chi connectivity index (χ3n) is 6.69. The Kier molecular flexibility index (Phi) is 6.34. The Hall–Kier alpha value is -4.32. The van der Waals surface area contributed by atoms with Crippen LogP contribution in [0.2, 0.25) is 0 Å². The van der Waals surface area contributed by atoms with Crippen LogP contribution < -0.4 is 0 Å². The van der Waals surface area contributed by atoms with E-state index in [0.717, 1.165) is 50.1 Å². The van der Waals surface area contributed by atoms with Crippen molar-refractivity contribution in [1.82, 2.24) is 9.99 Å². The summed E-state index contributed by atoms with van der Waals surface area (Å²) in [6, 6.07) is 25.9. The number of hydrogen-bond donors (Lipinski definition) is 1. The minimum Gasteiger partial charge on any atom is -0.481 e. The summed E-state index contributed by atoms with van der Waals surface area (Å²) in [6.07, 6.45) is 0.186. The molecule has 1 aromatic heterocycles. The number of benzene rings is 3. The van der Waals surface area contributed by atoms with E-state index in [-0.39, 0.29) is 24.8 Å². The zero-order valence-electron chi connectivity index (χ0n) is 20.3. The molecule has 0 bridgehead atoms. The van der Waals surface area contributed by atoms with Crippen molar-refractivity contribution < 1.29 is 14.7 Å². The quantitative estimate of drug-likeness (QED) is 0.366. The van der Waals surface area contributed by atoms with Crippen molar-refractivity contribution in [2.45, 2.75) is 39.2 Å². The maximum Gasteiger partial charge on any atom is 0.303 e. The molecule has 4 aromatic rings. The molecule has 1 N–H and O–H groups in total. The van der Waals surface area contributed by atoms with E-state index in [9.17, 15) is 9.59 Å². The molecule has 0 spiro atoms. The van der Waals surface area contributed by atoms with Crippen molar-refractivity contribution in [2.75, 3.05) is 0 Å². The van der Waals surface area contributed by atoms with Gasteiger partial charge in [-0.05, 0) is 36.6 Å². The molecule has 0 unspecified atom stereocenters. The fraction of sp³-hybridized carbons (Fsp3) is 0.200. The molecular formula is C30H27N3O3. The monoisotopic (exact) mass is 477 g/mol. The van der Waals surface area contributed by atoms with Gasteiger partial charge in [-0.1, -0.05) is 72.8 Å². The third kappa shape index (κ3) is 4.38. The summed E-state index contributed by atoms with van der Waals surface area (Å²) in [5.74, 6) is -1.30. The van der Waals surface area contributed by atoms with Crippen molar-refractivity contribution >= 4 is 28.5 Å². The molecule has 6 heteroatoms. The largest absolute Gasteiger partial charge is 0.481 e. The lowest BCUT2D eigenvalue weighted by Gasteiger charge is -2.23. The summed E-state index contributed by atoms with van der Waals surface area (Å²) in [7, 11) is 0. The number of fused-ring (bicyclic) bond motifs is 1. The maximum absolute atomic E-state index is 13.2. The number of amides is 1. The Bertz CT molecular complexity index is 1490. The highest BCUT2D eigenvalue weighted by Gasteiger charge is 2.35. The number of carbonyl (C=O) groups is 2. The molecule has 0 fully saturated rings. The molecule has 2 heterocycles. The highest BCUT2D eigenvalue weighted by Crippen LogP contribution is 2.40. The number of rotatable bonds is 6. The topological polar surface area (TPSA) is 82.9 Å². The molecule has 1 aliphatic heterocycles. The van der Waals surface area contributed by atoms with Crippen LogP contribution in [0.1, 0.15) is 47.7 Å². The zero-order chi connectivity index (χ0) is 25.2. The zero-order valence-corrected chi connectivity index (χ0v) is 20.3. The molecule has 5 rings (SSSR count). The summed E-state index contributed by atoms with van der Waals surface area (Å²) in [5.41, 5.74) is 7.62. The van der Waals surface area contributed by atoms with E-state index in [1.54, 1.807) is 0 Å². The lowest BCUT2D eigenvalue weighted by atomic mass is 9.88. The van der Waals surface area contributed by atoms with Gasteiger partial charge in [-0.15, -0.1) is 0 Å². The summed E-state index contributed by atoms with van der Waals surface area (Å²) in [6.45, 7) is 4.00. The first-order valence-electron chi connectivity index (χ1n) is 12.1. The average molecular weight is 478 g/mol. The number of aryl methyl sites for hydroxylation is 2. The van der Waals surface area contributed by atoms with Gasteiger partial charge in [0.15, 0.2) is 0 Å². The molecule has 6 nitrogen and oxygen atoms in total. The van der Waals surface area contributed by atoms with Crippen molar-refractivity contribution in [2.24, 2.45) is 5.10 Å². The second-order valence-corrected chi connectivity index (χ2v) is 9.09. The van der Waals surface area contributed by atoms with Crippen molar-refractivity contribution in [1.29, 1.82) is 0 Å². The van der Waals surface area contributed by atoms with Crippen LogP contribution in [0, 0.1) is 13.8 Å². The highest BCUT2D eigenvalue weighted by molar-refractivity contribution is 6.14. The molecule has 36 heavy (non-hydrogen) atoms. The van der Waals surface area contributed by atoms with E-state index in [1.807, 2.05) is 74.5 Å². The number of carboxylic acids is 1. The standard InChI is InChI=1S/C30H27N3O3/c1-19-10-6-7-13-22(19)26-18-25(32-33(26)27(34)16-17-28(35)36)29-20(2)31-24-15-9-8-14-23(24)30(29)21-11-4-3-5-12-21/h3-15,26H,16-18H2,1-2H3,(H,35,36)/t26-/m1/s1. The van der Waals surface area contributed by atoms with Crippen LogP contribution in [-0.4, -0.2) is 32.7 Å². The molecule has 0 radical (unpaired) electrons. The average Bonchev–Trinajstić information content (AvgIpc) is 3.32. The number of carboxylic acid groups (broad SMARTS) is 1. The summed E-state index contributed by atoms with van der Waals surface area (Å²) < 4.78 is 0. The number of para-hydroxylation sites is 1. The fourth-order valence-corrected chi connectivity index (χ4v) is 5.02. The predicted molar refractivity (Wildman–Crippen MR) is 141 cm³/mol. The Morgan fingerprint density at radius 3 is 2.33 bits per heavy atom. The van der Waals surface area contributed by atoms with Gasteiger partial charge >= 0.3 is 5.97 Å². The Balaban J connectivity index is 1.69. The first-order chi connectivity index (χ1) is 17.4. The second-order valence-electron chi connectivity index (χ2n) is 9.09. The van der Waals surface area contributed by atoms with Crippen LogP contribution in [0.3, 0.4) is 0 Å². The number of carbonyl (C=O) groups excluding carboxylic acids is 1. The van der Waals surface area contributed by atoms with E-state index in [2.05, 4.69) is 18.2 Å². The first kappa shape index (κ1) is 23.4.